The minimum Gasteiger partial charge on any atom is -0.329 e. The van der Waals surface area contributed by atoms with Crippen molar-refractivity contribution in [2.24, 2.45) is 5.73 Å². The van der Waals surface area contributed by atoms with E-state index in [1.54, 1.807) is 0 Å². The van der Waals surface area contributed by atoms with Crippen molar-refractivity contribution >= 4 is 23.2 Å². The van der Waals surface area contributed by atoms with Gasteiger partial charge in [0.05, 0.1) is 0 Å². The average Bonchev–Trinajstić information content (AvgIpc) is 2.68. The van der Waals surface area contributed by atoms with Gasteiger partial charge in [-0.3, -0.25) is 9.80 Å². The van der Waals surface area contributed by atoms with Crippen molar-refractivity contribution in [3.8, 4) is 0 Å². The molecule has 0 aromatic heterocycles. The van der Waals surface area contributed by atoms with Crippen LogP contribution in [0.4, 0.5) is 0 Å². The summed E-state index contributed by atoms with van der Waals surface area (Å²) in [5.41, 5.74) is 7.18. The Balaban J connectivity index is 1.83. The van der Waals surface area contributed by atoms with E-state index >= 15 is 0 Å². The van der Waals surface area contributed by atoms with E-state index in [0.717, 1.165) is 29.7 Å². The van der Waals surface area contributed by atoms with E-state index in [-0.39, 0.29) is 6.04 Å². The zero-order chi connectivity index (χ0) is 15.0. The summed E-state index contributed by atoms with van der Waals surface area (Å²) in [4.78, 5) is 5.06. The van der Waals surface area contributed by atoms with E-state index in [0.29, 0.717) is 17.6 Å². The second kappa shape index (κ2) is 6.43. The normalized spacial score (nSPS) is 28.6. The molecule has 2 aliphatic rings. The molecular weight excluding hydrogens is 305 g/mol. The predicted molar refractivity (Wildman–Crippen MR) is 89.0 cm³/mol. The summed E-state index contributed by atoms with van der Waals surface area (Å²) in [5.74, 6) is 0. The highest BCUT2D eigenvalue weighted by molar-refractivity contribution is 6.35. The van der Waals surface area contributed by atoms with Gasteiger partial charge in [0.1, 0.15) is 0 Å². The van der Waals surface area contributed by atoms with Crippen LogP contribution in [0, 0.1) is 0 Å². The Hall–Kier alpha value is -0.320. The van der Waals surface area contributed by atoms with Crippen LogP contribution >= 0.6 is 23.2 Å². The van der Waals surface area contributed by atoms with Crippen LogP contribution < -0.4 is 5.73 Å². The fourth-order valence-corrected chi connectivity index (χ4v) is 4.40. The van der Waals surface area contributed by atoms with Crippen molar-refractivity contribution in [1.29, 1.82) is 0 Å². The molecule has 2 aliphatic heterocycles. The Kier molecular flexibility index (Phi) is 4.77. The lowest BCUT2D eigenvalue weighted by Gasteiger charge is -2.33. The van der Waals surface area contributed by atoms with Crippen LogP contribution in [0.3, 0.4) is 0 Å². The average molecular weight is 328 g/mol. The van der Waals surface area contributed by atoms with E-state index in [1.165, 1.54) is 19.3 Å². The molecule has 1 aromatic rings. The number of benzene rings is 1. The lowest BCUT2D eigenvalue weighted by atomic mass is 10.0. The summed E-state index contributed by atoms with van der Waals surface area (Å²) >= 11 is 12.4. The number of nitrogens with two attached hydrogens (primary N) is 1. The van der Waals surface area contributed by atoms with Crippen LogP contribution in [0.25, 0.3) is 0 Å². The van der Waals surface area contributed by atoms with Gasteiger partial charge >= 0.3 is 0 Å². The Morgan fingerprint density at radius 2 is 2.00 bits per heavy atom. The standard InChI is InChI=1S/C16H23Cl2N3/c1-20-12-3-4-13(20)10-21(7-6-12)16(9-19)14-5-2-11(17)8-15(14)18/h2,5,8,12-13,16H,3-4,6-7,9-10,19H2,1H3. The van der Waals surface area contributed by atoms with Crippen molar-refractivity contribution in [1.82, 2.24) is 9.80 Å². The van der Waals surface area contributed by atoms with Crippen molar-refractivity contribution in [3.05, 3.63) is 33.8 Å². The lowest BCUT2D eigenvalue weighted by Crippen LogP contribution is -2.40. The van der Waals surface area contributed by atoms with E-state index in [1.807, 2.05) is 18.2 Å². The second-order valence-electron chi connectivity index (χ2n) is 6.25. The number of hydrogen-bond donors (Lipinski definition) is 1. The summed E-state index contributed by atoms with van der Waals surface area (Å²) in [6, 6.07) is 7.31. The highest BCUT2D eigenvalue weighted by Crippen LogP contribution is 2.34. The fraction of sp³-hybridized carbons (Fsp3) is 0.625. The number of halogens is 2. The van der Waals surface area contributed by atoms with Crippen LogP contribution in [-0.2, 0) is 0 Å². The van der Waals surface area contributed by atoms with E-state index in [4.69, 9.17) is 28.9 Å². The zero-order valence-corrected chi connectivity index (χ0v) is 13.9. The molecule has 3 nitrogen and oxygen atoms in total. The number of rotatable bonds is 3. The van der Waals surface area contributed by atoms with Crippen molar-refractivity contribution < 1.29 is 0 Å². The third-order valence-corrected chi connectivity index (χ3v) is 5.73. The molecule has 0 spiro atoms. The van der Waals surface area contributed by atoms with E-state index < -0.39 is 0 Å². The van der Waals surface area contributed by atoms with Crippen LogP contribution in [0.2, 0.25) is 10.0 Å². The Bertz CT molecular complexity index is 508. The highest BCUT2D eigenvalue weighted by atomic mass is 35.5. The molecule has 0 radical (unpaired) electrons. The van der Waals surface area contributed by atoms with Crippen LogP contribution in [0.5, 0.6) is 0 Å². The first kappa shape index (κ1) is 15.6. The molecule has 0 amide bonds. The van der Waals surface area contributed by atoms with Crippen molar-refractivity contribution in [2.45, 2.75) is 37.4 Å². The number of nitrogens with zero attached hydrogens (tertiary/aromatic N) is 2. The smallest absolute Gasteiger partial charge is 0.0485 e. The molecule has 21 heavy (non-hydrogen) atoms. The lowest BCUT2D eigenvalue weighted by molar-refractivity contribution is 0.175. The molecule has 116 valence electrons. The first-order valence-electron chi connectivity index (χ1n) is 7.71. The van der Waals surface area contributed by atoms with Gasteiger partial charge in [-0.1, -0.05) is 29.3 Å². The van der Waals surface area contributed by atoms with Crippen molar-refractivity contribution in [3.63, 3.8) is 0 Å². The van der Waals surface area contributed by atoms with E-state index in [2.05, 4.69) is 16.8 Å². The van der Waals surface area contributed by atoms with Gasteiger partial charge in [0.25, 0.3) is 0 Å². The van der Waals surface area contributed by atoms with Gasteiger partial charge in [0.15, 0.2) is 0 Å². The molecular formula is C16H23Cl2N3. The quantitative estimate of drug-likeness (QED) is 0.925. The Labute approximate surface area is 137 Å². The minimum absolute atomic E-state index is 0.183. The summed E-state index contributed by atoms with van der Waals surface area (Å²) in [5, 5.41) is 1.40. The number of fused-ring (bicyclic) bond motifs is 2. The number of hydrogen-bond acceptors (Lipinski definition) is 3. The Morgan fingerprint density at radius 1 is 1.24 bits per heavy atom. The maximum atomic E-state index is 6.39. The first-order valence-corrected chi connectivity index (χ1v) is 8.46. The molecule has 2 bridgehead atoms. The number of likely N-dealkylation sites (N-methyl/N-ethyl adjacent to an activating group) is 1. The second-order valence-corrected chi connectivity index (χ2v) is 7.10. The van der Waals surface area contributed by atoms with Gasteiger partial charge in [0, 0.05) is 47.8 Å². The summed E-state index contributed by atoms with van der Waals surface area (Å²) in [7, 11) is 2.26. The third-order valence-electron chi connectivity index (χ3n) is 5.17. The maximum absolute atomic E-state index is 6.39. The minimum atomic E-state index is 0.183. The summed E-state index contributed by atoms with van der Waals surface area (Å²) < 4.78 is 0. The van der Waals surface area contributed by atoms with Gasteiger partial charge in [-0.05, 0) is 44.0 Å². The molecule has 1 aromatic carbocycles. The van der Waals surface area contributed by atoms with Crippen molar-refractivity contribution in [2.75, 3.05) is 26.7 Å². The summed E-state index contributed by atoms with van der Waals surface area (Å²) in [6.45, 7) is 2.75. The molecule has 0 aliphatic carbocycles. The topological polar surface area (TPSA) is 32.5 Å². The molecule has 2 heterocycles. The molecule has 0 saturated carbocycles. The molecule has 2 saturated heterocycles. The monoisotopic (exact) mass is 327 g/mol. The van der Waals surface area contributed by atoms with Crippen LogP contribution in [0.1, 0.15) is 30.9 Å². The zero-order valence-electron chi connectivity index (χ0n) is 12.4. The highest BCUT2D eigenvalue weighted by Gasteiger charge is 2.36. The van der Waals surface area contributed by atoms with Gasteiger partial charge < -0.3 is 5.73 Å². The molecule has 2 N–H and O–H groups in total. The SMILES string of the molecule is CN1C2CCC1CN(C(CN)c1ccc(Cl)cc1Cl)CC2. The third kappa shape index (κ3) is 3.08. The van der Waals surface area contributed by atoms with Gasteiger partial charge in [-0.15, -0.1) is 0 Å². The number of likely N-dealkylation sites (tertiary alicyclic amines) is 1. The summed E-state index contributed by atoms with van der Waals surface area (Å²) in [6.07, 6.45) is 3.85. The molecule has 3 rings (SSSR count). The predicted octanol–water partition coefficient (Wildman–Crippen LogP) is 3.16. The molecule has 2 fully saturated rings. The van der Waals surface area contributed by atoms with Gasteiger partial charge in [-0.25, -0.2) is 0 Å². The molecule has 3 atom stereocenters. The maximum Gasteiger partial charge on any atom is 0.0485 e. The van der Waals surface area contributed by atoms with E-state index in [9.17, 15) is 0 Å². The fourth-order valence-electron chi connectivity index (χ4n) is 3.86. The largest absolute Gasteiger partial charge is 0.329 e. The van der Waals surface area contributed by atoms with Crippen LogP contribution in [0.15, 0.2) is 18.2 Å². The first-order chi connectivity index (χ1) is 10.1. The van der Waals surface area contributed by atoms with Crippen LogP contribution in [-0.4, -0.2) is 48.6 Å². The molecule has 3 unspecified atom stereocenters. The van der Waals surface area contributed by atoms with Gasteiger partial charge in [-0.2, -0.15) is 0 Å². The van der Waals surface area contributed by atoms with Gasteiger partial charge in [0.2, 0.25) is 0 Å². The Morgan fingerprint density at radius 3 is 2.71 bits per heavy atom. The molecule has 5 heteroatoms.